The highest BCUT2D eigenvalue weighted by Gasteiger charge is 2.24. The van der Waals surface area contributed by atoms with E-state index in [0.29, 0.717) is 6.54 Å². The second kappa shape index (κ2) is 6.76. The van der Waals surface area contributed by atoms with Gasteiger partial charge >= 0.3 is 0 Å². The molecule has 110 valence electrons. The smallest absolute Gasteiger partial charge is 0.237 e. The number of hydrogen-bond acceptors (Lipinski definition) is 5. The van der Waals surface area contributed by atoms with Gasteiger partial charge in [0.05, 0.1) is 30.2 Å². The van der Waals surface area contributed by atoms with E-state index in [-0.39, 0.29) is 11.9 Å². The van der Waals surface area contributed by atoms with Crippen LogP contribution < -0.4 is 5.32 Å². The third-order valence-corrected chi connectivity index (χ3v) is 3.74. The predicted octanol–water partition coefficient (Wildman–Crippen LogP) is 0.0371. The SMILES string of the molecule is Cc1cnc(CNC(=O)[C@@H](C)N2CCN(C)CC2)cn1. The zero-order chi connectivity index (χ0) is 14.5. The molecular weight excluding hydrogens is 254 g/mol. The van der Waals surface area contributed by atoms with Gasteiger partial charge in [-0.25, -0.2) is 0 Å². The van der Waals surface area contributed by atoms with E-state index in [2.05, 4.69) is 32.1 Å². The summed E-state index contributed by atoms with van der Waals surface area (Å²) in [6.45, 7) is 8.20. The minimum atomic E-state index is -0.0953. The standard InChI is InChI=1S/C14H23N5O/c1-11-8-16-13(9-15-11)10-17-14(20)12(2)19-6-4-18(3)5-7-19/h8-9,12H,4-7,10H2,1-3H3,(H,17,20)/t12-/m1/s1. The maximum Gasteiger partial charge on any atom is 0.237 e. The van der Waals surface area contributed by atoms with E-state index < -0.39 is 0 Å². The molecule has 0 spiro atoms. The number of amides is 1. The Morgan fingerprint density at radius 2 is 2.00 bits per heavy atom. The topological polar surface area (TPSA) is 61.4 Å². The van der Waals surface area contributed by atoms with Gasteiger partial charge in [0.25, 0.3) is 0 Å². The van der Waals surface area contributed by atoms with Gasteiger partial charge in [0, 0.05) is 32.4 Å². The predicted molar refractivity (Wildman–Crippen MR) is 77.1 cm³/mol. The molecule has 2 heterocycles. The molecule has 1 aliphatic rings. The second-order valence-electron chi connectivity index (χ2n) is 5.38. The van der Waals surface area contributed by atoms with Crippen LogP contribution in [-0.2, 0) is 11.3 Å². The van der Waals surface area contributed by atoms with Gasteiger partial charge in [0.15, 0.2) is 0 Å². The monoisotopic (exact) mass is 277 g/mol. The largest absolute Gasteiger partial charge is 0.349 e. The fraction of sp³-hybridized carbons (Fsp3) is 0.643. The van der Waals surface area contributed by atoms with Gasteiger partial charge in [0.2, 0.25) is 5.91 Å². The van der Waals surface area contributed by atoms with Crippen molar-refractivity contribution < 1.29 is 4.79 Å². The summed E-state index contributed by atoms with van der Waals surface area (Å²) in [6, 6.07) is -0.0953. The van der Waals surface area contributed by atoms with Gasteiger partial charge in [0.1, 0.15) is 0 Å². The van der Waals surface area contributed by atoms with Crippen LogP contribution >= 0.6 is 0 Å². The number of piperazine rings is 1. The first-order valence-electron chi connectivity index (χ1n) is 7.04. The number of hydrogen-bond donors (Lipinski definition) is 1. The first-order valence-corrected chi connectivity index (χ1v) is 7.04. The Kier molecular flexibility index (Phi) is 5.03. The molecule has 0 saturated carbocycles. The molecule has 1 aromatic heterocycles. The van der Waals surface area contributed by atoms with Crippen LogP contribution in [0.4, 0.5) is 0 Å². The van der Waals surface area contributed by atoms with Crippen LogP contribution in [0.2, 0.25) is 0 Å². The van der Waals surface area contributed by atoms with Crippen LogP contribution in [-0.4, -0.2) is 64.9 Å². The fourth-order valence-electron chi connectivity index (χ4n) is 2.21. The minimum absolute atomic E-state index is 0.0527. The van der Waals surface area contributed by atoms with Gasteiger partial charge in [-0.2, -0.15) is 0 Å². The summed E-state index contributed by atoms with van der Waals surface area (Å²) < 4.78 is 0. The lowest BCUT2D eigenvalue weighted by Gasteiger charge is -2.35. The Morgan fingerprint density at radius 1 is 1.30 bits per heavy atom. The van der Waals surface area contributed by atoms with Crippen LogP contribution in [0.5, 0.6) is 0 Å². The second-order valence-corrected chi connectivity index (χ2v) is 5.38. The lowest BCUT2D eigenvalue weighted by molar-refractivity contribution is -0.126. The van der Waals surface area contributed by atoms with Crippen molar-refractivity contribution in [1.29, 1.82) is 0 Å². The molecule has 1 amide bonds. The van der Waals surface area contributed by atoms with Crippen LogP contribution in [0.3, 0.4) is 0 Å². The van der Waals surface area contributed by atoms with Crippen molar-refractivity contribution in [1.82, 2.24) is 25.1 Å². The van der Waals surface area contributed by atoms with Gasteiger partial charge in [-0.05, 0) is 20.9 Å². The Balaban J connectivity index is 1.80. The summed E-state index contributed by atoms with van der Waals surface area (Å²) in [5, 5.41) is 2.93. The molecule has 0 bridgehead atoms. The first-order chi connectivity index (χ1) is 9.56. The molecule has 1 aromatic rings. The van der Waals surface area contributed by atoms with Gasteiger partial charge in [-0.1, -0.05) is 0 Å². The molecule has 1 aliphatic heterocycles. The molecule has 6 nitrogen and oxygen atoms in total. The first kappa shape index (κ1) is 14.9. The van der Waals surface area contributed by atoms with Gasteiger partial charge in [-0.15, -0.1) is 0 Å². The molecule has 0 radical (unpaired) electrons. The molecule has 0 unspecified atom stereocenters. The average Bonchev–Trinajstić information content (AvgIpc) is 2.46. The number of aryl methyl sites for hydroxylation is 1. The molecule has 2 rings (SSSR count). The number of likely N-dealkylation sites (N-methyl/N-ethyl adjacent to an activating group) is 1. The number of carbonyl (C=O) groups is 1. The third kappa shape index (κ3) is 3.98. The van der Waals surface area contributed by atoms with E-state index in [0.717, 1.165) is 37.6 Å². The highest BCUT2D eigenvalue weighted by Crippen LogP contribution is 2.05. The van der Waals surface area contributed by atoms with Crippen LogP contribution in [0.15, 0.2) is 12.4 Å². The summed E-state index contributed by atoms with van der Waals surface area (Å²) in [5.41, 5.74) is 1.67. The number of nitrogens with one attached hydrogen (secondary N) is 1. The van der Waals surface area contributed by atoms with Crippen molar-refractivity contribution in [3.63, 3.8) is 0 Å². The Labute approximate surface area is 120 Å². The van der Waals surface area contributed by atoms with Crippen molar-refractivity contribution in [3.8, 4) is 0 Å². The number of nitrogens with zero attached hydrogens (tertiary/aromatic N) is 4. The zero-order valence-electron chi connectivity index (χ0n) is 12.5. The van der Waals surface area contributed by atoms with E-state index in [1.807, 2.05) is 13.8 Å². The van der Waals surface area contributed by atoms with Crippen molar-refractivity contribution in [3.05, 3.63) is 23.8 Å². The van der Waals surface area contributed by atoms with Gasteiger partial charge < -0.3 is 10.2 Å². The van der Waals surface area contributed by atoms with Crippen LogP contribution in [0.25, 0.3) is 0 Å². The van der Waals surface area contributed by atoms with Crippen LogP contribution in [0, 0.1) is 6.92 Å². The molecular formula is C14H23N5O. The zero-order valence-corrected chi connectivity index (χ0v) is 12.5. The molecule has 1 atom stereocenters. The highest BCUT2D eigenvalue weighted by atomic mass is 16.2. The maximum atomic E-state index is 12.1. The maximum absolute atomic E-state index is 12.1. The number of carbonyl (C=O) groups excluding carboxylic acids is 1. The summed E-state index contributed by atoms with van der Waals surface area (Å²) in [7, 11) is 2.11. The molecule has 1 fully saturated rings. The molecule has 0 aromatic carbocycles. The Bertz CT molecular complexity index is 439. The molecule has 20 heavy (non-hydrogen) atoms. The third-order valence-electron chi connectivity index (χ3n) is 3.74. The van der Waals surface area contributed by atoms with Crippen molar-refractivity contribution in [2.45, 2.75) is 26.4 Å². The minimum Gasteiger partial charge on any atom is -0.349 e. The Hall–Kier alpha value is -1.53. The summed E-state index contributed by atoms with van der Waals surface area (Å²) >= 11 is 0. The van der Waals surface area contributed by atoms with Crippen LogP contribution in [0.1, 0.15) is 18.3 Å². The normalized spacial score (nSPS) is 18.8. The average molecular weight is 277 g/mol. The summed E-state index contributed by atoms with van der Waals surface area (Å²) in [4.78, 5) is 25.1. The highest BCUT2D eigenvalue weighted by molar-refractivity contribution is 5.81. The molecule has 1 saturated heterocycles. The summed E-state index contributed by atoms with van der Waals surface area (Å²) in [6.07, 6.45) is 3.42. The summed E-state index contributed by atoms with van der Waals surface area (Å²) in [5.74, 6) is 0.0527. The lowest BCUT2D eigenvalue weighted by atomic mass is 10.2. The van der Waals surface area contributed by atoms with E-state index in [9.17, 15) is 4.79 Å². The molecule has 6 heteroatoms. The van der Waals surface area contributed by atoms with Crippen molar-refractivity contribution in [2.24, 2.45) is 0 Å². The number of rotatable bonds is 4. The van der Waals surface area contributed by atoms with Gasteiger partial charge in [-0.3, -0.25) is 19.7 Å². The molecule has 1 N–H and O–H groups in total. The Morgan fingerprint density at radius 3 is 2.60 bits per heavy atom. The van der Waals surface area contributed by atoms with Crippen molar-refractivity contribution >= 4 is 5.91 Å². The van der Waals surface area contributed by atoms with E-state index in [4.69, 9.17) is 0 Å². The van der Waals surface area contributed by atoms with Crippen molar-refractivity contribution in [2.75, 3.05) is 33.2 Å². The van der Waals surface area contributed by atoms with E-state index in [1.54, 1.807) is 12.4 Å². The quantitative estimate of drug-likeness (QED) is 0.842. The number of aromatic nitrogens is 2. The lowest BCUT2D eigenvalue weighted by Crippen LogP contribution is -2.52. The van der Waals surface area contributed by atoms with E-state index >= 15 is 0 Å². The van der Waals surface area contributed by atoms with E-state index in [1.165, 1.54) is 0 Å². The fourth-order valence-corrected chi connectivity index (χ4v) is 2.21. The molecule has 0 aliphatic carbocycles.